The molecule has 6 heteroatoms. The van der Waals surface area contributed by atoms with Crippen LogP contribution in [-0.4, -0.2) is 47.8 Å². The van der Waals surface area contributed by atoms with E-state index >= 15 is 0 Å². The number of hydrogen-bond donors (Lipinski definition) is 1. The highest BCUT2D eigenvalue weighted by atomic mass is 16.5. The van der Waals surface area contributed by atoms with Crippen LogP contribution in [0.25, 0.3) is 0 Å². The second kappa shape index (κ2) is 6.09. The minimum Gasteiger partial charge on any atom is -0.372 e. The van der Waals surface area contributed by atoms with Crippen LogP contribution in [0.3, 0.4) is 0 Å². The number of piperazine rings is 1. The molecule has 0 saturated carbocycles. The van der Waals surface area contributed by atoms with Crippen molar-refractivity contribution < 1.29 is 9.26 Å². The Bertz CT molecular complexity index is 336. The van der Waals surface area contributed by atoms with Gasteiger partial charge in [-0.15, -0.1) is 0 Å². The molecule has 0 spiro atoms. The summed E-state index contributed by atoms with van der Waals surface area (Å²) in [7, 11) is 0. The van der Waals surface area contributed by atoms with Gasteiger partial charge in [-0.1, -0.05) is 5.16 Å². The Labute approximate surface area is 101 Å². The molecular weight excluding hydrogens is 220 g/mol. The van der Waals surface area contributed by atoms with Gasteiger partial charge < -0.3 is 14.6 Å². The smallest absolute Gasteiger partial charge is 0.252 e. The molecular formula is C11H20N4O2. The lowest BCUT2D eigenvalue weighted by atomic mass is 10.2. The van der Waals surface area contributed by atoms with Crippen molar-refractivity contribution in [3.8, 4) is 0 Å². The third kappa shape index (κ3) is 3.24. The minimum absolute atomic E-state index is 0.205. The van der Waals surface area contributed by atoms with Gasteiger partial charge in [0.1, 0.15) is 6.61 Å². The number of ether oxygens (including phenoxy) is 1. The average molecular weight is 240 g/mol. The predicted molar refractivity (Wildman–Crippen MR) is 62.5 cm³/mol. The van der Waals surface area contributed by atoms with E-state index in [9.17, 15) is 0 Å². The minimum atomic E-state index is 0.205. The molecule has 96 valence electrons. The van der Waals surface area contributed by atoms with Crippen molar-refractivity contribution in [3.63, 3.8) is 0 Å². The van der Waals surface area contributed by atoms with Gasteiger partial charge in [0.05, 0.1) is 6.04 Å². The molecule has 1 atom stereocenters. The molecule has 1 unspecified atom stereocenters. The van der Waals surface area contributed by atoms with Gasteiger partial charge >= 0.3 is 0 Å². The van der Waals surface area contributed by atoms with Crippen molar-refractivity contribution in [2.45, 2.75) is 26.5 Å². The number of nitrogens with one attached hydrogen (secondary N) is 1. The van der Waals surface area contributed by atoms with Gasteiger partial charge in [0, 0.05) is 32.8 Å². The van der Waals surface area contributed by atoms with Gasteiger partial charge in [0.15, 0.2) is 5.82 Å². The van der Waals surface area contributed by atoms with Crippen LogP contribution in [0.4, 0.5) is 0 Å². The second-order valence-corrected chi connectivity index (χ2v) is 4.15. The van der Waals surface area contributed by atoms with Crippen molar-refractivity contribution >= 4 is 0 Å². The zero-order valence-electron chi connectivity index (χ0n) is 10.5. The molecule has 2 heterocycles. The molecule has 1 aliphatic heterocycles. The zero-order valence-corrected chi connectivity index (χ0v) is 10.5. The van der Waals surface area contributed by atoms with Gasteiger partial charge in [-0.2, -0.15) is 4.98 Å². The van der Waals surface area contributed by atoms with Crippen LogP contribution < -0.4 is 5.32 Å². The maximum absolute atomic E-state index is 5.24. The fraction of sp³-hybridized carbons (Fsp3) is 0.818. The molecule has 1 aromatic rings. The van der Waals surface area contributed by atoms with E-state index in [1.807, 2.05) is 6.92 Å². The van der Waals surface area contributed by atoms with Crippen molar-refractivity contribution in [2.24, 2.45) is 0 Å². The summed E-state index contributed by atoms with van der Waals surface area (Å²) in [6, 6.07) is 0.205. The number of hydrogen-bond acceptors (Lipinski definition) is 6. The van der Waals surface area contributed by atoms with Gasteiger partial charge in [-0.3, -0.25) is 4.90 Å². The highest BCUT2D eigenvalue weighted by Crippen LogP contribution is 2.17. The molecule has 0 radical (unpaired) electrons. The molecule has 0 aromatic carbocycles. The summed E-state index contributed by atoms with van der Waals surface area (Å²) in [6.07, 6.45) is 0. The average Bonchev–Trinajstić information content (AvgIpc) is 2.85. The van der Waals surface area contributed by atoms with E-state index in [1.165, 1.54) is 0 Å². The summed E-state index contributed by atoms with van der Waals surface area (Å²) in [5.74, 6) is 1.31. The number of aromatic nitrogens is 2. The van der Waals surface area contributed by atoms with Crippen LogP contribution >= 0.6 is 0 Å². The molecule has 1 fully saturated rings. The SMILES string of the molecule is CCOCc1nc(C(C)N2CCNCC2)no1. The fourth-order valence-electron chi connectivity index (χ4n) is 1.92. The maximum Gasteiger partial charge on any atom is 0.252 e. The summed E-state index contributed by atoms with van der Waals surface area (Å²) in [5.41, 5.74) is 0. The van der Waals surface area contributed by atoms with Crippen LogP contribution in [0, 0.1) is 0 Å². The van der Waals surface area contributed by atoms with Crippen molar-refractivity contribution in [1.29, 1.82) is 0 Å². The van der Waals surface area contributed by atoms with E-state index in [-0.39, 0.29) is 6.04 Å². The standard InChI is InChI=1S/C11H20N4O2/c1-3-16-8-10-13-11(14-17-10)9(2)15-6-4-12-5-7-15/h9,12H,3-8H2,1-2H3. The van der Waals surface area contributed by atoms with Crippen LogP contribution in [-0.2, 0) is 11.3 Å². The predicted octanol–water partition coefficient (Wildman–Crippen LogP) is 0.572. The first-order valence-corrected chi connectivity index (χ1v) is 6.16. The Morgan fingerprint density at radius 2 is 2.24 bits per heavy atom. The monoisotopic (exact) mass is 240 g/mol. The van der Waals surface area contributed by atoms with Crippen molar-refractivity contribution in [1.82, 2.24) is 20.4 Å². The molecule has 0 aliphatic carbocycles. The molecule has 1 aliphatic rings. The first-order chi connectivity index (χ1) is 8.31. The van der Waals surface area contributed by atoms with E-state index in [1.54, 1.807) is 0 Å². The molecule has 2 rings (SSSR count). The lowest BCUT2D eigenvalue weighted by Crippen LogP contribution is -2.44. The number of nitrogens with zero attached hydrogens (tertiary/aromatic N) is 3. The van der Waals surface area contributed by atoms with Gasteiger partial charge in [0.25, 0.3) is 5.89 Å². The first-order valence-electron chi connectivity index (χ1n) is 6.16. The Hall–Kier alpha value is -0.980. The first kappa shape index (κ1) is 12.5. The van der Waals surface area contributed by atoms with Gasteiger partial charge in [0.2, 0.25) is 0 Å². The topological polar surface area (TPSA) is 63.4 Å². The van der Waals surface area contributed by atoms with E-state index in [4.69, 9.17) is 9.26 Å². The van der Waals surface area contributed by atoms with E-state index in [2.05, 4.69) is 27.3 Å². The van der Waals surface area contributed by atoms with Gasteiger partial charge in [-0.05, 0) is 13.8 Å². The molecule has 1 aromatic heterocycles. The summed E-state index contributed by atoms with van der Waals surface area (Å²) < 4.78 is 10.4. The largest absolute Gasteiger partial charge is 0.372 e. The second-order valence-electron chi connectivity index (χ2n) is 4.15. The molecule has 6 nitrogen and oxygen atoms in total. The quantitative estimate of drug-likeness (QED) is 0.812. The molecule has 0 amide bonds. The number of rotatable bonds is 5. The highest BCUT2D eigenvalue weighted by molar-refractivity contribution is 4.93. The van der Waals surface area contributed by atoms with Crippen molar-refractivity contribution in [3.05, 3.63) is 11.7 Å². The summed E-state index contributed by atoms with van der Waals surface area (Å²) in [6.45, 7) is 9.21. The summed E-state index contributed by atoms with van der Waals surface area (Å²) in [4.78, 5) is 6.71. The van der Waals surface area contributed by atoms with Crippen molar-refractivity contribution in [2.75, 3.05) is 32.8 Å². The lowest BCUT2D eigenvalue weighted by molar-refractivity contribution is 0.109. The lowest BCUT2D eigenvalue weighted by Gasteiger charge is -2.30. The van der Waals surface area contributed by atoms with Gasteiger partial charge in [-0.25, -0.2) is 0 Å². The van der Waals surface area contributed by atoms with E-state index < -0.39 is 0 Å². The fourth-order valence-corrected chi connectivity index (χ4v) is 1.92. The van der Waals surface area contributed by atoms with E-state index in [0.29, 0.717) is 19.1 Å². The van der Waals surface area contributed by atoms with Crippen LogP contribution in [0.5, 0.6) is 0 Å². The molecule has 1 saturated heterocycles. The molecule has 1 N–H and O–H groups in total. The Morgan fingerprint density at radius 3 is 2.94 bits per heavy atom. The van der Waals surface area contributed by atoms with Crippen LogP contribution in [0.1, 0.15) is 31.6 Å². The maximum atomic E-state index is 5.24. The Kier molecular flexibility index (Phi) is 4.47. The molecule has 0 bridgehead atoms. The Morgan fingerprint density at radius 1 is 1.47 bits per heavy atom. The third-order valence-electron chi connectivity index (χ3n) is 2.99. The van der Waals surface area contributed by atoms with E-state index in [0.717, 1.165) is 32.0 Å². The highest BCUT2D eigenvalue weighted by Gasteiger charge is 2.22. The van der Waals surface area contributed by atoms with Crippen LogP contribution in [0.2, 0.25) is 0 Å². The van der Waals surface area contributed by atoms with Crippen LogP contribution in [0.15, 0.2) is 4.52 Å². The molecule has 17 heavy (non-hydrogen) atoms. The normalized spacial score (nSPS) is 19.4. The Balaban J connectivity index is 1.93. The zero-order chi connectivity index (χ0) is 12.1. The third-order valence-corrected chi connectivity index (χ3v) is 2.99. The summed E-state index contributed by atoms with van der Waals surface area (Å²) >= 11 is 0. The summed E-state index contributed by atoms with van der Waals surface area (Å²) in [5, 5.41) is 7.34.